The minimum atomic E-state index is -3.36. The van der Waals surface area contributed by atoms with E-state index in [1.54, 1.807) is 0 Å². The number of rotatable bonds is 6. The summed E-state index contributed by atoms with van der Waals surface area (Å²) >= 11 is 0. The van der Waals surface area contributed by atoms with E-state index in [0.717, 1.165) is 6.42 Å². The monoisotopic (exact) mass is 279 g/mol. The molecule has 9 heteroatoms. The molecule has 1 rings (SSSR count). The van der Waals surface area contributed by atoms with Crippen LogP contribution in [0.1, 0.15) is 13.3 Å². The molecule has 18 heavy (non-hydrogen) atoms. The molecule has 1 saturated heterocycles. The van der Waals surface area contributed by atoms with Crippen LogP contribution in [-0.2, 0) is 10.2 Å². The predicted molar refractivity (Wildman–Crippen MR) is 68.6 cm³/mol. The van der Waals surface area contributed by atoms with E-state index < -0.39 is 10.2 Å². The Kier molecular flexibility index (Phi) is 5.79. The van der Waals surface area contributed by atoms with Crippen molar-refractivity contribution in [2.24, 2.45) is 10.9 Å². The molecular formula is C9H21N5O3S. The lowest BCUT2D eigenvalue weighted by Crippen LogP contribution is -2.53. The SMILES string of the molecule is CCCNS(=O)(=O)N1CCN(CC(N)=NO)CC1. The van der Waals surface area contributed by atoms with Crippen molar-refractivity contribution in [3.8, 4) is 0 Å². The summed E-state index contributed by atoms with van der Waals surface area (Å²) in [6, 6.07) is 0. The number of piperazine rings is 1. The van der Waals surface area contributed by atoms with E-state index >= 15 is 0 Å². The molecule has 4 N–H and O–H groups in total. The molecule has 0 aromatic rings. The van der Waals surface area contributed by atoms with Gasteiger partial charge >= 0.3 is 0 Å². The highest BCUT2D eigenvalue weighted by atomic mass is 32.2. The lowest BCUT2D eigenvalue weighted by molar-refractivity contribution is 0.205. The Morgan fingerprint density at radius 2 is 2.00 bits per heavy atom. The van der Waals surface area contributed by atoms with Crippen LogP contribution < -0.4 is 10.5 Å². The minimum absolute atomic E-state index is 0.135. The van der Waals surface area contributed by atoms with Gasteiger partial charge in [0.2, 0.25) is 0 Å². The van der Waals surface area contributed by atoms with E-state index in [-0.39, 0.29) is 5.84 Å². The summed E-state index contributed by atoms with van der Waals surface area (Å²) in [7, 11) is -3.36. The first kappa shape index (κ1) is 15.2. The molecule has 0 unspecified atom stereocenters. The molecule has 1 fully saturated rings. The molecule has 0 radical (unpaired) electrons. The van der Waals surface area contributed by atoms with Crippen LogP contribution in [0.25, 0.3) is 0 Å². The van der Waals surface area contributed by atoms with Gasteiger partial charge in [-0.05, 0) is 6.42 Å². The molecule has 1 aliphatic rings. The number of nitrogens with zero attached hydrogens (tertiary/aromatic N) is 3. The van der Waals surface area contributed by atoms with Gasteiger partial charge < -0.3 is 10.9 Å². The highest BCUT2D eigenvalue weighted by Gasteiger charge is 2.26. The quantitative estimate of drug-likeness (QED) is 0.239. The van der Waals surface area contributed by atoms with Crippen LogP contribution in [0.2, 0.25) is 0 Å². The van der Waals surface area contributed by atoms with Crippen molar-refractivity contribution < 1.29 is 13.6 Å². The topological polar surface area (TPSA) is 111 Å². The molecule has 106 valence electrons. The Morgan fingerprint density at radius 1 is 1.39 bits per heavy atom. The van der Waals surface area contributed by atoms with E-state index in [1.807, 2.05) is 11.8 Å². The van der Waals surface area contributed by atoms with E-state index in [4.69, 9.17) is 10.9 Å². The van der Waals surface area contributed by atoms with Gasteiger partial charge in [0.15, 0.2) is 5.84 Å². The highest BCUT2D eigenvalue weighted by molar-refractivity contribution is 7.87. The summed E-state index contributed by atoms with van der Waals surface area (Å²) in [5.41, 5.74) is 5.40. The van der Waals surface area contributed by atoms with E-state index in [9.17, 15) is 8.42 Å². The van der Waals surface area contributed by atoms with Crippen molar-refractivity contribution in [3.05, 3.63) is 0 Å². The summed E-state index contributed by atoms with van der Waals surface area (Å²) in [6.45, 7) is 4.69. The Hall–Kier alpha value is -0.900. The van der Waals surface area contributed by atoms with Crippen molar-refractivity contribution >= 4 is 16.0 Å². The molecule has 0 aromatic carbocycles. The zero-order valence-corrected chi connectivity index (χ0v) is 11.4. The lowest BCUT2D eigenvalue weighted by atomic mass is 10.3. The molecule has 0 aliphatic carbocycles. The summed E-state index contributed by atoms with van der Waals surface area (Å²) < 4.78 is 27.6. The summed E-state index contributed by atoms with van der Waals surface area (Å²) in [4.78, 5) is 1.95. The minimum Gasteiger partial charge on any atom is -0.409 e. The summed E-state index contributed by atoms with van der Waals surface area (Å²) in [5, 5.41) is 11.4. The van der Waals surface area contributed by atoms with Crippen LogP contribution in [0.4, 0.5) is 0 Å². The number of hydrogen-bond donors (Lipinski definition) is 3. The number of nitrogens with one attached hydrogen (secondary N) is 1. The van der Waals surface area contributed by atoms with Gasteiger partial charge in [0.05, 0.1) is 6.54 Å². The maximum Gasteiger partial charge on any atom is 0.279 e. The van der Waals surface area contributed by atoms with Gasteiger partial charge in [0.1, 0.15) is 0 Å². The number of hydrogen-bond acceptors (Lipinski definition) is 5. The standard InChI is InChI=1S/C9H21N5O3S/c1-2-3-11-18(16,17)14-6-4-13(5-7-14)8-9(10)12-15/h11,15H,2-8H2,1H3,(H2,10,12). The zero-order chi connectivity index (χ0) is 13.6. The van der Waals surface area contributed by atoms with Crippen molar-refractivity contribution in [1.29, 1.82) is 0 Å². The first-order chi connectivity index (χ1) is 8.49. The maximum absolute atomic E-state index is 11.8. The average Bonchev–Trinajstić information content (AvgIpc) is 2.37. The molecule has 0 spiro atoms. The third kappa shape index (κ3) is 4.41. The molecular weight excluding hydrogens is 258 g/mol. The van der Waals surface area contributed by atoms with Gasteiger partial charge in [-0.1, -0.05) is 12.1 Å². The van der Waals surface area contributed by atoms with Crippen LogP contribution in [-0.4, -0.2) is 67.9 Å². The number of oxime groups is 1. The Morgan fingerprint density at radius 3 is 2.50 bits per heavy atom. The predicted octanol–water partition coefficient (Wildman–Crippen LogP) is -1.41. The van der Waals surface area contributed by atoms with E-state index in [1.165, 1.54) is 4.31 Å². The second-order valence-electron chi connectivity index (χ2n) is 4.17. The molecule has 1 aliphatic heterocycles. The van der Waals surface area contributed by atoms with Crippen LogP contribution in [0.15, 0.2) is 5.16 Å². The fourth-order valence-corrected chi connectivity index (χ4v) is 3.00. The number of amidine groups is 1. The fourth-order valence-electron chi connectivity index (χ4n) is 1.71. The molecule has 0 aromatic heterocycles. The van der Waals surface area contributed by atoms with Gasteiger partial charge in [-0.3, -0.25) is 4.90 Å². The number of nitrogens with two attached hydrogens (primary N) is 1. The molecule has 0 saturated carbocycles. The highest BCUT2D eigenvalue weighted by Crippen LogP contribution is 2.05. The third-order valence-corrected chi connectivity index (χ3v) is 4.33. The largest absolute Gasteiger partial charge is 0.409 e. The normalized spacial score (nSPS) is 20.2. The van der Waals surface area contributed by atoms with Crippen LogP contribution >= 0.6 is 0 Å². The van der Waals surface area contributed by atoms with Crippen molar-refractivity contribution in [2.75, 3.05) is 39.3 Å². The molecule has 0 atom stereocenters. The first-order valence-corrected chi connectivity index (χ1v) is 7.37. The summed E-state index contributed by atoms with van der Waals surface area (Å²) in [6.07, 6.45) is 0.767. The zero-order valence-electron chi connectivity index (χ0n) is 10.5. The smallest absolute Gasteiger partial charge is 0.279 e. The Bertz CT molecular complexity index is 376. The van der Waals surface area contributed by atoms with Gasteiger partial charge in [0.25, 0.3) is 10.2 Å². The van der Waals surface area contributed by atoms with Crippen LogP contribution in [0.3, 0.4) is 0 Å². The maximum atomic E-state index is 11.8. The van der Waals surface area contributed by atoms with E-state index in [0.29, 0.717) is 39.3 Å². The van der Waals surface area contributed by atoms with Crippen molar-refractivity contribution in [1.82, 2.24) is 13.9 Å². The van der Waals surface area contributed by atoms with Crippen LogP contribution in [0.5, 0.6) is 0 Å². The molecule has 1 heterocycles. The third-order valence-electron chi connectivity index (χ3n) is 2.72. The second-order valence-corrected chi connectivity index (χ2v) is 5.92. The second kappa shape index (κ2) is 6.88. The molecule has 8 nitrogen and oxygen atoms in total. The Balaban J connectivity index is 2.43. The van der Waals surface area contributed by atoms with Gasteiger partial charge in [-0.25, -0.2) is 4.72 Å². The summed E-state index contributed by atoms with van der Waals surface area (Å²) in [5.74, 6) is 0.135. The molecule has 0 bridgehead atoms. The lowest BCUT2D eigenvalue weighted by Gasteiger charge is -2.33. The van der Waals surface area contributed by atoms with Crippen molar-refractivity contribution in [3.63, 3.8) is 0 Å². The first-order valence-electron chi connectivity index (χ1n) is 5.93. The Labute approximate surface area is 108 Å². The van der Waals surface area contributed by atoms with Gasteiger partial charge in [-0.15, -0.1) is 0 Å². The van der Waals surface area contributed by atoms with Crippen LogP contribution in [0, 0.1) is 0 Å². The van der Waals surface area contributed by atoms with Gasteiger partial charge in [0, 0.05) is 32.7 Å². The average molecular weight is 279 g/mol. The fraction of sp³-hybridized carbons (Fsp3) is 0.889. The van der Waals surface area contributed by atoms with Crippen molar-refractivity contribution in [2.45, 2.75) is 13.3 Å². The van der Waals surface area contributed by atoms with E-state index in [2.05, 4.69) is 9.88 Å². The molecule has 0 amide bonds. The van der Waals surface area contributed by atoms with Gasteiger partial charge in [-0.2, -0.15) is 12.7 Å².